The van der Waals surface area contributed by atoms with Gasteiger partial charge in [-0.25, -0.2) is 0 Å². The van der Waals surface area contributed by atoms with Crippen LogP contribution in [0.2, 0.25) is 0 Å². The smallest absolute Gasteiger partial charge is 0.278 e. The van der Waals surface area contributed by atoms with Crippen LogP contribution in [0, 0.1) is 0 Å². The molecule has 0 atom stereocenters. The van der Waals surface area contributed by atoms with E-state index in [-0.39, 0.29) is 35.5 Å². The van der Waals surface area contributed by atoms with Gasteiger partial charge >= 0.3 is 0 Å². The highest BCUT2D eigenvalue weighted by Crippen LogP contribution is 2.35. The van der Waals surface area contributed by atoms with Crippen molar-refractivity contribution in [2.45, 2.75) is 6.92 Å². The minimum atomic E-state index is -0.384. The zero-order valence-corrected chi connectivity index (χ0v) is 19.3. The van der Waals surface area contributed by atoms with Crippen molar-refractivity contribution < 1.29 is 23.9 Å². The molecule has 0 spiro atoms. The maximum Gasteiger partial charge on any atom is 0.278 e. The number of ether oxygens (including phenoxy) is 2. The molecule has 1 fully saturated rings. The van der Waals surface area contributed by atoms with E-state index < -0.39 is 0 Å². The van der Waals surface area contributed by atoms with Crippen molar-refractivity contribution in [3.8, 4) is 5.75 Å². The van der Waals surface area contributed by atoms with Crippen molar-refractivity contribution in [3.63, 3.8) is 0 Å². The number of anilines is 2. The molecule has 0 radical (unpaired) electrons. The van der Waals surface area contributed by atoms with Gasteiger partial charge in [0.05, 0.1) is 25.9 Å². The third-order valence-electron chi connectivity index (χ3n) is 5.76. The van der Waals surface area contributed by atoms with E-state index in [1.54, 1.807) is 42.5 Å². The van der Waals surface area contributed by atoms with Gasteiger partial charge in [-0.3, -0.25) is 24.2 Å². The number of methoxy groups -OCH3 is 1. The van der Waals surface area contributed by atoms with Gasteiger partial charge in [0.2, 0.25) is 5.91 Å². The third-order valence-corrected chi connectivity index (χ3v) is 5.76. The molecule has 0 saturated carbocycles. The second kappa shape index (κ2) is 10.5. The van der Waals surface area contributed by atoms with E-state index in [1.165, 1.54) is 18.9 Å². The molecule has 9 nitrogen and oxygen atoms in total. The number of nitrogens with zero attached hydrogens (tertiary/aromatic N) is 2. The maximum atomic E-state index is 13.5. The van der Waals surface area contributed by atoms with Gasteiger partial charge in [0, 0.05) is 50.0 Å². The fourth-order valence-electron chi connectivity index (χ4n) is 4.05. The summed E-state index contributed by atoms with van der Waals surface area (Å²) in [5.74, 6) is -0.409. The van der Waals surface area contributed by atoms with Crippen LogP contribution >= 0.6 is 0 Å². The SMILES string of the molecule is COc1ccccc1C1=C(Nc2ccc(NC(C)=O)cc2)C(=O)N(CCN2CCOCC2)C1=O. The molecular formula is C25H28N4O5. The summed E-state index contributed by atoms with van der Waals surface area (Å²) in [6.07, 6.45) is 0. The van der Waals surface area contributed by atoms with Crippen molar-refractivity contribution in [1.29, 1.82) is 0 Å². The molecule has 2 aromatic rings. The van der Waals surface area contributed by atoms with Crippen LogP contribution in [0.4, 0.5) is 11.4 Å². The summed E-state index contributed by atoms with van der Waals surface area (Å²) in [6.45, 7) is 5.14. The Balaban J connectivity index is 1.63. The van der Waals surface area contributed by atoms with Crippen molar-refractivity contribution in [1.82, 2.24) is 9.80 Å². The molecule has 3 amide bonds. The second-order valence-electron chi connectivity index (χ2n) is 8.05. The molecule has 9 heteroatoms. The van der Waals surface area contributed by atoms with E-state index in [1.807, 2.05) is 6.07 Å². The summed E-state index contributed by atoms with van der Waals surface area (Å²) in [7, 11) is 1.53. The lowest BCUT2D eigenvalue weighted by Gasteiger charge is -2.28. The van der Waals surface area contributed by atoms with Crippen molar-refractivity contribution in [2.75, 3.05) is 57.1 Å². The van der Waals surface area contributed by atoms with Gasteiger partial charge in [-0.1, -0.05) is 18.2 Å². The number of imide groups is 1. The van der Waals surface area contributed by atoms with Crippen molar-refractivity contribution in [3.05, 3.63) is 59.8 Å². The number of amides is 3. The van der Waals surface area contributed by atoms with Crippen LogP contribution < -0.4 is 15.4 Å². The van der Waals surface area contributed by atoms with Crippen molar-refractivity contribution in [2.24, 2.45) is 0 Å². The molecule has 0 unspecified atom stereocenters. The lowest BCUT2D eigenvalue weighted by Crippen LogP contribution is -2.43. The summed E-state index contributed by atoms with van der Waals surface area (Å²) < 4.78 is 10.9. The van der Waals surface area contributed by atoms with E-state index in [9.17, 15) is 14.4 Å². The van der Waals surface area contributed by atoms with Crippen LogP contribution in [-0.2, 0) is 19.1 Å². The first-order valence-electron chi connectivity index (χ1n) is 11.2. The Labute approximate surface area is 198 Å². The molecule has 2 aromatic carbocycles. The summed E-state index contributed by atoms with van der Waals surface area (Å²) in [4.78, 5) is 41.7. The number of benzene rings is 2. The molecule has 178 valence electrons. The van der Waals surface area contributed by atoms with Crippen LogP contribution in [0.5, 0.6) is 5.75 Å². The number of carbonyl (C=O) groups excluding carboxylic acids is 3. The topological polar surface area (TPSA) is 100 Å². The van der Waals surface area contributed by atoms with E-state index in [4.69, 9.17) is 9.47 Å². The summed E-state index contributed by atoms with van der Waals surface area (Å²) in [5.41, 5.74) is 2.28. The van der Waals surface area contributed by atoms with Gasteiger partial charge < -0.3 is 20.1 Å². The Hall–Kier alpha value is -3.69. The molecule has 0 bridgehead atoms. The van der Waals surface area contributed by atoms with Crippen LogP contribution in [0.3, 0.4) is 0 Å². The number of hydrogen-bond acceptors (Lipinski definition) is 7. The van der Waals surface area contributed by atoms with Gasteiger partial charge in [-0.05, 0) is 30.3 Å². The van der Waals surface area contributed by atoms with Crippen LogP contribution in [0.15, 0.2) is 54.2 Å². The predicted molar refractivity (Wildman–Crippen MR) is 128 cm³/mol. The van der Waals surface area contributed by atoms with Crippen LogP contribution in [0.25, 0.3) is 5.57 Å². The standard InChI is InChI=1S/C25H28N4O5/c1-17(30)26-18-7-9-19(10-8-18)27-23-22(20-5-3-4-6-21(20)33-2)24(31)29(25(23)32)12-11-28-13-15-34-16-14-28/h3-10,27H,11-16H2,1-2H3,(H,26,30). The highest BCUT2D eigenvalue weighted by Gasteiger charge is 2.40. The molecule has 4 rings (SSSR count). The van der Waals surface area contributed by atoms with Gasteiger partial charge in [0.1, 0.15) is 11.4 Å². The fourth-order valence-corrected chi connectivity index (χ4v) is 4.05. The molecular weight excluding hydrogens is 436 g/mol. The molecule has 34 heavy (non-hydrogen) atoms. The number of rotatable bonds is 8. The highest BCUT2D eigenvalue weighted by molar-refractivity contribution is 6.37. The van der Waals surface area contributed by atoms with Crippen LogP contribution in [0.1, 0.15) is 12.5 Å². The monoisotopic (exact) mass is 464 g/mol. The quantitative estimate of drug-likeness (QED) is 0.578. The number of carbonyl (C=O) groups is 3. The summed E-state index contributed by atoms with van der Waals surface area (Å²) in [6, 6.07) is 14.1. The van der Waals surface area contributed by atoms with E-state index in [2.05, 4.69) is 15.5 Å². The summed E-state index contributed by atoms with van der Waals surface area (Å²) in [5, 5.41) is 5.84. The number of morpholine rings is 1. The first-order chi connectivity index (χ1) is 16.5. The average molecular weight is 465 g/mol. The van der Waals surface area contributed by atoms with E-state index in [0.717, 1.165) is 13.1 Å². The van der Waals surface area contributed by atoms with Crippen LogP contribution in [-0.4, -0.2) is 74.0 Å². The Morgan fingerprint density at radius 1 is 0.971 bits per heavy atom. The van der Waals surface area contributed by atoms with Gasteiger partial charge in [-0.15, -0.1) is 0 Å². The normalized spacial score (nSPS) is 16.7. The number of nitrogens with one attached hydrogen (secondary N) is 2. The Bertz CT molecular complexity index is 1110. The predicted octanol–water partition coefficient (Wildman–Crippen LogP) is 2.18. The molecule has 1 saturated heterocycles. The fraction of sp³-hybridized carbons (Fsp3) is 0.320. The minimum Gasteiger partial charge on any atom is -0.496 e. The minimum absolute atomic E-state index is 0.172. The zero-order valence-electron chi connectivity index (χ0n) is 19.3. The Morgan fingerprint density at radius 2 is 1.65 bits per heavy atom. The van der Waals surface area contributed by atoms with E-state index >= 15 is 0 Å². The average Bonchev–Trinajstić information content (AvgIpc) is 3.07. The lowest BCUT2D eigenvalue weighted by atomic mass is 10.0. The molecule has 0 aliphatic carbocycles. The lowest BCUT2D eigenvalue weighted by molar-refractivity contribution is -0.137. The Kier molecular flexibility index (Phi) is 7.24. The number of hydrogen-bond donors (Lipinski definition) is 2. The van der Waals surface area contributed by atoms with E-state index in [0.29, 0.717) is 42.4 Å². The maximum absolute atomic E-state index is 13.5. The van der Waals surface area contributed by atoms with Gasteiger partial charge in [0.15, 0.2) is 0 Å². The largest absolute Gasteiger partial charge is 0.496 e. The van der Waals surface area contributed by atoms with Gasteiger partial charge in [-0.2, -0.15) is 0 Å². The molecule has 2 aliphatic rings. The molecule has 2 aliphatic heterocycles. The Morgan fingerprint density at radius 3 is 2.32 bits per heavy atom. The summed E-state index contributed by atoms with van der Waals surface area (Å²) >= 11 is 0. The molecule has 2 heterocycles. The number of para-hydroxylation sites is 1. The highest BCUT2D eigenvalue weighted by atomic mass is 16.5. The third kappa shape index (κ3) is 5.11. The van der Waals surface area contributed by atoms with Crippen molar-refractivity contribution >= 4 is 34.7 Å². The first kappa shape index (κ1) is 23.5. The zero-order chi connectivity index (χ0) is 24.1. The molecule has 2 N–H and O–H groups in total. The van der Waals surface area contributed by atoms with Gasteiger partial charge in [0.25, 0.3) is 11.8 Å². The first-order valence-corrected chi connectivity index (χ1v) is 11.2. The molecule has 0 aromatic heterocycles. The second-order valence-corrected chi connectivity index (χ2v) is 8.05.